The normalized spacial score (nSPS) is 13.9. The fourth-order valence-corrected chi connectivity index (χ4v) is 4.06. The lowest BCUT2D eigenvalue weighted by atomic mass is 9.97. The summed E-state index contributed by atoms with van der Waals surface area (Å²) in [6.45, 7) is 5.70. The van der Waals surface area contributed by atoms with Crippen LogP contribution in [0.25, 0.3) is 5.57 Å². The van der Waals surface area contributed by atoms with Crippen LogP contribution in [0.5, 0.6) is 0 Å². The van der Waals surface area contributed by atoms with Crippen LogP contribution < -0.4 is 10.2 Å². The number of rotatable bonds is 4. The second-order valence-corrected chi connectivity index (χ2v) is 8.54. The van der Waals surface area contributed by atoms with Crippen molar-refractivity contribution in [2.24, 2.45) is 0 Å². The topological polar surface area (TPSA) is 49.4 Å². The first-order valence-electron chi connectivity index (χ1n) is 9.86. The molecule has 0 spiro atoms. The zero-order chi connectivity index (χ0) is 23.2. The van der Waals surface area contributed by atoms with E-state index in [0.29, 0.717) is 16.3 Å². The van der Waals surface area contributed by atoms with Crippen molar-refractivity contribution in [2.75, 3.05) is 10.2 Å². The highest BCUT2D eigenvalue weighted by molar-refractivity contribution is 6.46. The number of nitrogens with one attached hydrogen (secondary N) is 1. The molecule has 0 atom stereocenters. The summed E-state index contributed by atoms with van der Waals surface area (Å²) in [6, 6.07) is 14.6. The minimum absolute atomic E-state index is 0.118. The number of carbonyl (C=O) groups excluding carboxylic acids is 2. The highest BCUT2D eigenvalue weighted by Crippen LogP contribution is 2.37. The van der Waals surface area contributed by atoms with Crippen LogP contribution in [0.2, 0.25) is 10.0 Å². The molecule has 162 valence electrons. The Labute approximate surface area is 195 Å². The Bertz CT molecular complexity index is 1320. The van der Waals surface area contributed by atoms with E-state index in [1.54, 1.807) is 12.1 Å². The van der Waals surface area contributed by atoms with E-state index in [-0.39, 0.29) is 22.0 Å². The number of benzene rings is 3. The van der Waals surface area contributed by atoms with Crippen LogP contribution in [-0.4, -0.2) is 11.8 Å². The van der Waals surface area contributed by atoms with E-state index >= 15 is 0 Å². The minimum atomic E-state index is -0.634. The van der Waals surface area contributed by atoms with Crippen molar-refractivity contribution in [3.05, 3.63) is 98.4 Å². The lowest BCUT2D eigenvalue weighted by Crippen LogP contribution is -2.32. The molecule has 3 aromatic carbocycles. The summed E-state index contributed by atoms with van der Waals surface area (Å²) in [6.07, 6.45) is 0. The van der Waals surface area contributed by atoms with Gasteiger partial charge in [-0.05, 0) is 67.8 Å². The van der Waals surface area contributed by atoms with E-state index in [4.69, 9.17) is 23.2 Å². The maximum atomic E-state index is 13.7. The summed E-state index contributed by atoms with van der Waals surface area (Å²) in [5, 5.41) is 3.44. The predicted octanol–water partition coefficient (Wildman–Crippen LogP) is 6.45. The number of anilines is 2. The molecule has 0 fully saturated rings. The Morgan fingerprint density at radius 3 is 2.28 bits per heavy atom. The SMILES string of the molecule is Cc1ccc(C2=C(Nc3cc(Cl)ccc3C)C(=O)N(c3ccc(F)c(Cl)c3)C2=O)c(C)c1. The van der Waals surface area contributed by atoms with E-state index in [9.17, 15) is 14.0 Å². The van der Waals surface area contributed by atoms with Gasteiger partial charge in [-0.1, -0.05) is 53.0 Å². The number of hydrogen-bond acceptors (Lipinski definition) is 3. The molecule has 0 bridgehead atoms. The van der Waals surface area contributed by atoms with E-state index in [1.807, 2.05) is 45.0 Å². The third-order valence-corrected chi connectivity index (χ3v) is 5.88. The average molecular weight is 469 g/mol. The predicted molar refractivity (Wildman–Crippen MR) is 127 cm³/mol. The molecule has 0 unspecified atom stereocenters. The molecule has 1 aliphatic heterocycles. The third kappa shape index (κ3) is 3.90. The Kier molecular flexibility index (Phi) is 5.80. The molecular weight excluding hydrogens is 450 g/mol. The first-order valence-corrected chi connectivity index (χ1v) is 10.6. The van der Waals surface area contributed by atoms with E-state index < -0.39 is 17.6 Å². The highest BCUT2D eigenvalue weighted by Gasteiger charge is 2.41. The van der Waals surface area contributed by atoms with E-state index in [2.05, 4.69) is 5.32 Å². The summed E-state index contributed by atoms with van der Waals surface area (Å²) in [5.74, 6) is -1.72. The monoisotopic (exact) mass is 468 g/mol. The standard InChI is InChI=1S/C25H19Cl2FN2O2/c1-13-4-8-18(15(3)10-13)22-23(29-21-11-16(26)6-5-14(21)2)25(32)30(24(22)31)17-7-9-20(28)19(27)12-17/h4-12,29H,1-3H3. The van der Waals surface area contributed by atoms with Gasteiger partial charge in [-0.25, -0.2) is 9.29 Å². The summed E-state index contributed by atoms with van der Waals surface area (Å²) in [7, 11) is 0. The van der Waals surface area contributed by atoms with Crippen LogP contribution in [0.4, 0.5) is 15.8 Å². The molecule has 1 aliphatic rings. The van der Waals surface area contributed by atoms with Crippen LogP contribution >= 0.6 is 23.2 Å². The third-order valence-electron chi connectivity index (χ3n) is 5.36. The van der Waals surface area contributed by atoms with Gasteiger partial charge in [0.25, 0.3) is 11.8 Å². The Hall–Kier alpha value is -3.15. The summed E-state index contributed by atoms with van der Waals surface area (Å²) >= 11 is 12.1. The van der Waals surface area contributed by atoms with Crippen molar-refractivity contribution in [3.8, 4) is 0 Å². The van der Waals surface area contributed by atoms with Gasteiger partial charge in [-0.15, -0.1) is 0 Å². The van der Waals surface area contributed by atoms with Gasteiger partial charge in [0.05, 0.1) is 16.3 Å². The highest BCUT2D eigenvalue weighted by atomic mass is 35.5. The quantitative estimate of drug-likeness (QED) is 0.447. The maximum absolute atomic E-state index is 13.7. The molecule has 0 aromatic heterocycles. The fraction of sp³-hybridized carbons (Fsp3) is 0.120. The number of aryl methyl sites for hydroxylation is 3. The van der Waals surface area contributed by atoms with E-state index in [1.165, 1.54) is 12.1 Å². The molecule has 0 saturated carbocycles. The fourth-order valence-electron chi connectivity index (χ4n) is 3.71. The smallest absolute Gasteiger partial charge is 0.282 e. The molecule has 0 saturated heterocycles. The lowest BCUT2D eigenvalue weighted by Gasteiger charge is -2.16. The Balaban J connectivity index is 1.89. The molecule has 1 N–H and O–H groups in total. The van der Waals surface area contributed by atoms with Crippen molar-refractivity contribution in [1.82, 2.24) is 0 Å². The van der Waals surface area contributed by atoms with Crippen molar-refractivity contribution in [2.45, 2.75) is 20.8 Å². The first-order chi connectivity index (χ1) is 15.2. The van der Waals surface area contributed by atoms with Crippen molar-refractivity contribution in [1.29, 1.82) is 0 Å². The van der Waals surface area contributed by atoms with Gasteiger partial charge in [-0.2, -0.15) is 0 Å². The maximum Gasteiger partial charge on any atom is 0.282 e. The summed E-state index contributed by atoms with van der Waals surface area (Å²) in [5.41, 5.74) is 4.51. The molecular formula is C25H19Cl2FN2O2. The number of halogens is 3. The van der Waals surface area contributed by atoms with Crippen molar-refractivity contribution < 1.29 is 14.0 Å². The van der Waals surface area contributed by atoms with Crippen LogP contribution in [0.3, 0.4) is 0 Å². The van der Waals surface area contributed by atoms with Crippen molar-refractivity contribution in [3.63, 3.8) is 0 Å². The van der Waals surface area contributed by atoms with Gasteiger partial charge in [0.1, 0.15) is 11.5 Å². The number of hydrogen-bond donors (Lipinski definition) is 1. The molecule has 1 heterocycles. The zero-order valence-corrected chi connectivity index (χ0v) is 19.1. The number of carbonyl (C=O) groups is 2. The number of nitrogens with zero attached hydrogens (tertiary/aromatic N) is 1. The Morgan fingerprint density at radius 2 is 1.59 bits per heavy atom. The van der Waals surface area contributed by atoms with Gasteiger partial charge in [-0.3, -0.25) is 9.59 Å². The molecule has 4 nitrogen and oxygen atoms in total. The lowest BCUT2D eigenvalue weighted by molar-refractivity contribution is -0.120. The van der Waals surface area contributed by atoms with Gasteiger partial charge >= 0.3 is 0 Å². The molecule has 0 radical (unpaired) electrons. The first kappa shape index (κ1) is 22.1. The molecule has 2 amide bonds. The van der Waals surface area contributed by atoms with E-state index in [0.717, 1.165) is 27.7 Å². The minimum Gasteiger partial charge on any atom is -0.350 e. The van der Waals surface area contributed by atoms with Crippen LogP contribution in [0.1, 0.15) is 22.3 Å². The molecule has 7 heteroatoms. The summed E-state index contributed by atoms with van der Waals surface area (Å²) < 4.78 is 13.7. The van der Waals surface area contributed by atoms with Crippen LogP contribution in [0.15, 0.2) is 60.3 Å². The largest absolute Gasteiger partial charge is 0.350 e. The summed E-state index contributed by atoms with van der Waals surface area (Å²) in [4.78, 5) is 28.0. The van der Waals surface area contributed by atoms with Gasteiger partial charge in [0.2, 0.25) is 0 Å². The van der Waals surface area contributed by atoms with Gasteiger partial charge in [0.15, 0.2) is 0 Å². The van der Waals surface area contributed by atoms with Gasteiger partial charge in [0, 0.05) is 10.7 Å². The number of amides is 2. The molecule has 4 rings (SSSR count). The number of imide groups is 1. The zero-order valence-electron chi connectivity index (χ0n) is 17.6. The van der Waals surface area contributed by atoms with Crippen LogP contribution in [0, 0.1) is 26.6 Å². The van der Waals surface area contributed by atoms with Crippen molar-refractivity contribution >= 4 is 52.0 Å². The second kappa shape index (κ2) is 8.41. The second-order valence-electron chi connectivity index (χ2n) is 7.70. The molecule has 0 aliphatic carbocycles. The average Bonchev–Trinajstić information content (AvgIpc) is 2.97. The van der Waals surface area contributed by atoms with Gasteiger partial charge < -0.3 is 5.32 Å². The van der Waals surface area contributed by atoms with Crippen LogP contribution in [-0.2, 0) is 9.59 Å². The Morgan fingerprint density at radius 1 is 0.844 bits per heavy atom. The molecule has 3 aromatic rings. The molecule has 32 heavy (non-hydrogen) atoms.